The van der Waals surface area contributed by atoms with Crippen LogP contribution in [0.5, 0.6) is 6.01 Å². The summed E-state index contributed by atoms with van der Waals surface area (Å²) < 4.78 is 22.9. The Hall–Kier alpha value is -2.84. The van der Waals surface area contributed by atoms with Gasteiger partial charge in [-0.1, -0.05) is 38.1 Å². The lowest BCUT2D eigenvalue weighted by Crippen LogP contribution is -2.51. The van der Waals surface area contributed by atoms with Gasteiger partial charge in [0.15, 0.2) is 5.82 Å². The standard InChI is InChI=1S/C31H39FN6O/c1-3-20(2)23-8-4-5-9-24(23)27-26(32)28-25(16-33-27)29(37-17-21-10-11-22(18-37)34-21)36-30(35-28)39-19-31-12-6-14-38(31)15-7-13-31/h4-5,8-9,16,20-22,34H,3,6-7,10-15,17-19H2,1-2H3/t20?,21-,22+. The number of nitrogens with one attached hydrogen (secondary N) is 1. The van der Waals surface area contributed by atoms with Crippen LogP contribution in [-0.4, -0.2) is 70.3 Å². The molecule has 4 aliphatic heterocycles. The van der Waals surface area contributed by atoms with E-state index in [4.69, 9.17) is 19.7 Å². The average Bonchev–Trinajstić information content (AvgIpc) is 3.65. The number of anilines is 1. The molecule has 4 saturated heterocycles. The summed E-state index contributed by atoms with van der Waals surface area (Å²) in [6, 6.07) is 9.17. The maximum atomic E-state index is 16.5. The Bertz CT molecular complexity index is 1360. The minimum atomic E-state index is -0.392. The second-order valence-corrected chi connectivity index (χ2v) is 12.2. The molecule has 4 fully saturated rings. The van der Waals surface area contributed by atoms with Gasteiger partial charge in [0.2, 0.25) is 0 Å². The number of pyridine rings is 1. The van der Waals surface area contributed by atoms with Crippen molar-refractivity contribution in [3.05, 3.63) is 41.8 Å². The van der Waals surface area contributed by atoms with E-state index in [9.17, 15) is 0 Å². The lowest BCUT2D eigenvalue weighted by atomic mass is 9.92. The number of hydrogen-bond acceptors (Lipinski definition) is 7. The Kier molecular flexibility index (Phi) is 6.43. The molecule has 1 unspecified atom stereocenters. The van der Waals surface area contributed by atoms with E-state index in [0.717, 1.165) is 75.2 Å². The molecule has 0 aliphatic carbocycles. The van der Waals surface area contributed by atoms with Gasteiger partial charge in [-0.15, -0.1) is 0 Å². The number of nitrogens with zero attached hydrogens (tertiary/aromatic N) is 5. The molecule has 0 saturated carbocycles. The largest absolute Gasteiger partial charge is 0.461 e. The van der Waals surface area contributed by atoms with Crippen LogP contribution in [0, 0.1) is 5.82 Å². The van der Waals surface area contributed by atoms with E-state index < -0.39 is 5.82 Å². The van der Waals surface area contributed by atoms with Crippen LogP contribution >= 0.6 is 0 Å². The average molecular weight is 531 g/mol. The highest BCUT2D eigenvalue weighted by Crippen LogP contribution is 2.40. The summed E-state index contributed by atoms with van der Waals surface area (Å²) in [5.41, 5.74) is 2.67. The molecule has 6 heterocycles. The van der Waals surface area contributed by atoms with Gasteiger partial charge in [0.25, 0.3) is 0 Å². The zero-order chi connectivity index (χ0) is 26.6. The molecule has 206 valence electrons. The minimum absolute atomic E-state index is 0.0732. The Morgan fingerprint density at radius 2 is 1.85 bits per heavy atom. The first-order chi connectivity index (χ1) is 19.0. The number of rotatable bonds is 7. The van der Waals surface area contributed by atoms with Crippen LogP contribution in [0.1, 0.15) is 70.3 Å². The Morgan fingerprint density at radius 1 is 1.10 bits per heavy atom. The molecule has 39 heavy (non-hydrogen) atoms. The third-order valence-corrected chi connectivity index (χ3v) is 9.80. The molecule has 7 rings (SSSR count). The maximum Gasteiger partial charge on any atom is 0.319 e. The topological polar surface area (TPSA) is 66.4 Å². The zero-order valence-electron chi connectivity index (χ0n) is 23.1. The van der Waals surface area contributed by atoms with Crippen molar-refractivity contribution >= 4 is 16.7 Å². The fraction of sp³-hybridized carbons (Fsp3) is 0.581. The van der Waals surface area contributed by atoms with Gasteiger partial charge < -0.3 is 15.0 Å². The van der Waals surface area contributed by atoms with Crippen LogP contribution in [0.25, 0.3) is 22.2 Å². The van der Waals surface area contributed by atoms with E-state index in [1.165, 1.54) is 12.8 Å². The summed E-state index contributed by atoms with van der Waals surface area (Å²) in [6.07, 6.45) is 9.77. The highest BCUT2D eigenvalue weighted by Gasteiger charge is 2.45. The molecule has 3 atom stereocenters. The highest BCUT2D eigenvalue weighted by atomic mass is 19.1. The molecule has 1 aromatic carbocycles. The predicted octanol–water partition coefficient (Wildman–Crippen LogP) is 5.29. The minimum Gasteiger partial charge on any atom is -0.461 e. The van der Waals surface area contributed by atoms with Crippen LogP contribution in [0.15, 0.2) is 30.5 Å². The van der Waals surface area contributed by atoms with Gasteiger partial charge in [-0.3, -0.25) is 9.88 Å². The fourth-order valence-electron chi connectivity index (χ4n) is 7.51. The van der Waals surface area contributed by atoms with Gasteiger partial charge in [-0.2, -0.15) is 9.97 Å². The lowest BCUT2D eigenvalue weighted by molar-refractivity contribution is 0.108. The van der Waals surface area contributed by atoms with Crippen molar-refractivity contribution in [2.75, 3.05) is 37.7 Å². The lowest BCUT2D eigenvalue weighted by Gasteiger charge is -2.34. The van der Waals surface area contributed by atoms with Gasteiger partial charge in [-0.05, 0) is 69.5 Å². The number of benzene rings is 1. The van der Waals surface area contributed by atoms with E-state index >= 15 is 4.39 Å². The number of ether oxygens (including phenoxy) is 1. The van der Waals surface area contributed by atoms with Gasteiger partial charge >= 0.3 is 6.01 Å². The number of halogens is 1. The highest BCUT2D eigenvalue weighted by molar-refractivity contribution is 5.92. The van der Waals surface area contributed by atoms with Gasteiger partial charge in [0.05, 0.1) is 10.9 Å². The molecular weight excluding hydrogens is 491 g/mol. The summed E-state index contributed by atoms with van der Waals surface area (Å²) in [4.78, 5) is 19.2. The van der Waals surface area contributed by atoms with E-state index in [0.29, 0.717) is 41.2 Å². The Labute approximate surface area is 230 Å². The number of fused-ring (bicyclic) bond motifs is 4. The summed E-state index contributed by atoms with van der Waals surface area (Å²) in [6.45, 7) is 8.86. The van der Waals surface area contributed by atoms with E-state index in [2.05, 4.69) is 35.0 Å². The van der Waals surface area contributed by atoms with Gasteiger partial charge in [-0.25, -0.2) is 4.39 Å². The molecule has 7 nitrogen and oxygen atoms in total. The first-order valence-corrected chi connectivity index (χ1v) is 14.9. The van der Waals surface area contributed by atoms with Crippen LogP contribution in [0.2, 0.25) is 0 Å². The SMILES string of the molecule is CCC(C)c1ccccc1-c1ncc2c(N3C[C@H]4CC[C@@H](C3)N4)nc(OCC34CCCN3CCC4)nc2c1F. The number of piperazine rings is 1. The number of hydrogen-bond donors (Lipinski definition) is 1. The van der Waals surface area contributed by atoms with Crippen molar-refractivity contribution in [1.82, 2.24) is 25.2 Å². The van der Waals surface area contributed by atoms with Crippen molar-refractivity contribution in [2.45, 2.75) is 82.3 Å². The van der Waals surface area contributed by atoms with Crippen molar-refractivity contribution in [1.29, 1.82) is 0 Å². The first kappa shape index (κ1) is 25.1. The smallest absolute Gasteiger partial charge is 0.319 e. The van der Waals surface area contributed by atoms with Crippen LogP contribution in [-0.2, 0) is 0 Å². The molecule has 2 aromatic heterocycles. The zero-order valence-corrected chi connectivity index (χ0v) is 23.1. The predicted molar refractivity (Wildman–Crippen MR) is 152 cm³/mol. The molecule has 3 aromatic rings. The monoisotopic (exact) mass is 530 g/mol. The van der Waals surface area contributed by atoms with E-state index in [-0.39, 0.29) is 11.5 Å². The molecule has 8 heteroatoms. The molecular formula is C31H39FN6O. The number of aromatic nitrogens is 3. The van der Waals surface area contributed by atoms with E-state index in [1.54, 1.807) is 6.20 Å². The Balaban J connectivity index is 1.32. The molecule has 2 bridgehead atoms. The summed E-state index contributed by atoms with van der Waals surface area (Å²) in [7, 11) is 0. The van der Waals surface area contributed by atoms with Crippen molar-refractivity contribution in [3.63, 3.8) is 0 Å². The molecule has 0 radical (unpaired) electrons. The fourth-order valence-corrected chi connectivity index (χ4v) is 7.51. The van der Waals surface area contributed by atoms with Crippen LogP contribution in [0.3, 0.4) is 0 Å². The maximum absolute atomic E-state index is 16.5. The molecule has 1 N–H and O–H groups in total. The van der Waals surface area contributed by atoms with Crippen LogP contribution < -0.4 is 15.0 Å². The second kappa shape index (κ2) is 9.97. The van der Waals surface area contributed by atoms with Crippen LogP contribution in [0.4, 0.5) is 10.2 Å². The first-order valence-electron chi connectivity index (χ1n) is 14.9. The second-order valence-electron chi connectivity index (χ2n) is 12.2. The van der Waals surface area contributed by atoms with Crippen molar-refractivity contribution < 1.29 is 9.13 Å². The quantitative estimate of drug-likeness (QED) is 0.445. The Morgan fingerprint density at radius 3 is 2.59 bits per heavy atom. The summed E-state index contributed by atoms with van der Waals surface area (Å²) in [5, 5.41) is 4.35. The van der Waals surface area contributed by atoms with Gasteiger partial charge in [0.1, 0.15) is 23.6 Å². The summed E-state index contributed by atoms with van der Waals surface area (Å²) in [5.74, 6) is 0.652. The normalized spacial score (nSPS) is 24.8. The molecule has 0 amide bonds. The van der Waals surface area contributed by atoms with Crippen molar-refractivity contribution in [2.24, 2.45) is 0 Å². The third kappa shape index (κ3) is 4.36. The van der Waals surface area contributed by atoms with Gasteiger partial charge in [0, 0.05) is 36.9 Å². The van der Waals surface area contributed by atoms with E-state index in [1.807, 2.05) is 18.2 Å². The van der Waals surface area contributed by atoms with Crippen molar-refractivity contribution in [3.8, 4) is 17.3 Å². The molecule has 4 aliphatic rings. The third-order valence-electron chi connectivity index (χ3n) is 9.80. The molecule has 0 spiro atoms. The summed E-state index contributed by atoms with van der Waals surface area (Å²) >= 11 is 0.